The molecule has 4 rings (SSSR count). The number of thioether (sulfide) groups is 1. The Labute approximate surface area is 150 Å². The number of benzene rings is 2. The number of rotatable bonds is 4. The predicted molar refractivity (Wildman–Crippen MR) is 98.3 cm³/mol. The van der Waals surface area contributed by atoms with Crippen LogP contribution in [0.4, 0.5) is 0 Å². The van der Waals surface area contributed by atoms with E-state index in [0.717, 1.165) is 28.5 Å². The highest BCUT2D eigenvalue weighted by molar-refractivity contribution is 7.98. The largest absolute Gasteiger partial charge is 0.411 e. The number of nitrogens with zero attached hydrogens (tertiary/aromatic N) is 2. The van der Waals surface area contributed by atoms with Crippen molar-refractivity contribution < 1.29 is 9.73 Å². The zero-order valence-corrected chi connectivity index (χ0v) is 14.4. The van der Waals surface area contributed by atoms with E-state index in [1.54, 1.807) is 11.8 Å². The van der Waals surface area contributed by atoms with Crippen LogP contribution in [0.3, 0.4) is 0 Å². The van der Waals surface area contributed by atoms with E-state index in [0.29, 0.717) is 12.1 Å². The van der Waals surface area contributed by atoms with Crippen LogP contribution in [-0.2, 0) is 12.2 Å². The first kappa shape index (κ1) is 16.0. The molecular weight excluding hydrogens is 332 g/mol. The van der Waals surface area contributed by atoms with E-state index in [-0.39, 0.29) is 5.92 Å². The molecule has 1 unspecified atom stereocenters. The molecule has 1 aromatic heterocycles. The van der Waals surface area contributed by atoms with Gasteiger partial charge >= 0.3 is 0 Å². The molecule has 0 radical (unpaired) electrons. The average Bonchev–Trinajstić information content (AvgIpc) is 3.10. The highest BCUT2D eigenvalue weighted by atomic mass is 32.2. The molecule has 0 spiro atoms. The Morgan fingerprint density at radius 1 is 1.04 bits per heavy atom. The first-order chi connectivity index (χ1) is 12.3. The van der Waals surface area contributed by atoms with Crippen molar-refractivity contribution in [2.75, 3.05) is 0 Å². The number of aromatic nitrogens is 1. The third kappa shape index (κ3) is 3.33. The fourth-order valence-electron chi connectivity index (χ4n) is 3.24. The van der Waals surface area contributed by atoms with Crippen molar-refractivity contribution in [2.24, 2.45) is 5.16 Å². The minimum absolute atomic E-state index is 0.250. The van der Waals surface area contributed by atoms with E-state index in [9.17, 15) is 5.21 Å². The Kier molecular flexibility index (Phi) is 4.57. The lowest BCUT2D eigenvalue weighted by molar-refractivity contribution is 0.315. The average molecular weight is 350 g/mol. The third-order valence-corrected chi connectivity index (χ3v) is 5.53. The Morgan fingerprint density at radius 3 is 2.48 bits per heavy atom. The van der Waals surface area contributed by atoms with Crippen molar-refractivity contribution in [2.45, 2.75) is 29.5 Å². The quantitative estimate of drug-likeness (QED) is 0.414. The van der Waals surface area contributed by atoms with Gasteiger partial charge in [-0.3, -0.25) is 0 Å². The second kappa shape index (κ2) is 7.15. The maximum Gasteiger partial charge on any atom is 0.149 e. The van der Waals surface area contributed by atoms with Gasteiger partial charge in [0.15, 0.2) is 0 Å². The highest BCUT2D eigenvalue weighted by Gasteiger charge is 2.32. The van der Waals surface area contributed by atoms with Gasteiger partial charge in [-0.05, 0) is 17.0 Å². The van der Waals surface area contributed by atoms with E-state index in [4.69, 9.17) is 4.52 Å². The van der Waals surface area contributed by atoms with Crippen LogP contribution >= 0.6 is 11.8 Å². The number of hydrogen-bond acceptors (Lipinski definition) is 5. The minimum Gasteiger partial charge on any atom is -0.411 e. The summed E-state index contributed by atoms with van der Waals surface area (Å²) in [5.41, 5.74) is 3.98. The van der Waals surface area contributed by atoms with Crippen LogP contribution in [0, 0.1) is 0 Å². The topological polar surface area (TPSA) is 58.6 Å². The molecule has 2 aromatic carbocycles. The highest BCUT2D eigenvalue weighted by Crippen LogP contribution is 2.38. The van der Waals surface area contributed by atoms with Gasteiger partial charge in [-0.1, -0.05) is 82.7 Å². The van der Waals surface area contributed by atoms with Gasteiger partial charge in [-0.2, -0.15) is 0 Å². The Balaban J connectivity index is 1.58. The SMILES string of the molecule is O/N=C1\CC(c2ccccc2)Cc2onc(SCc3ccccc3)c21. The van der Waals surface area contributed by atoms with Crippen LogP contribution in [0.5, 0.6) is 0 Å². The summed E-state index contributed by atoms with van der Waals surface area (Å²) >= 11 is 1.61. The van der Waals surface area contributed by atoms with Crippen LogP contribution in [0.1, 0.15) is 34.8 Å². The third-order valence-electron chi connectivity index (χ3n) is 4.50. The van der Waals surface area contributed by atoms with Gasteiger partial charge in [0.1, 0.15) is 10.8 Å². The second-order valence-corrected chi connectivity index (χ2v) is 7.09. The maximum atomic E-state index is 9.54. The first-order valence-electron chi connectivity index (χ1n) is 8.26. The molecule has 0 amide bonds. The maximum absolute atomic E-state index is 9.54. The molecule has 0 aliphatic heterocycles. The van der Waals surface area contributed by atoms with E-state index in [1.165, 1.54) is 11.1 Å². The summed E-state index contributed by atoms with van der Waals surface area (Å²) in [4.78, 5) is 0. The second-order valence-electron chi connectivity index (χ2n) is 6.12. The van der Waals surface area contributed by atoms with Gasteiger partial charge in [0.25, 0.3) is 0 Å². The molecule has 1 aliphatic rings. The standard InChI is InChI=1S/C20H18N2O2S/c23-21-17-11-16(15-9-5-2-6-10-15)12-18-19(17)20(22-24-18)25-13-14-7-3-1-4-8-14/h1-10,16,23H,11-13H2/b21-17+. The number of oxime groups is 1. The Bertz CT molecular complexity index is 862. The molecule has 126 valence electrons. The van der Waals surface area contributed by atoms with Crippen molar-refractivity contribution in [3.63, 3.8) is 0 Å². The molecular formula is C20H18N2O2S. The Morgan fingerprint density at radius 2 is 1.76 bits per heavy atom. The molecule has 25 heavy (non-hydrogen) atoms. The number of hydrogen-bond donors (Lipinski definition) is 1. The van der Waals surface area contributed by atoms with Gasteiger partial charge in [0.2, 0.25) is 0 Å². The van der Waals surface area contributed by atoms with E-state index >= 15 is 0 Å². The fourth-order valence-corrected chi connectivity index (χ4v) is 4.20. The molecule has 1 aliphatic carbocycles. The molecule has 1 N–H and O–H groups in total. The summed E-state index contributed by atoms with van der Waals surface area (Å²) in [5.74, 6) is 1.86. The van der Waals surface area contributed by atoms with E-state index in [1.807, 2.05) is 36.4 Å². The van der Waals surface area contributed by atoms with Gasteiger partial charge in [0.05, 0.1) is 11.3 Å². The molecule has 5 heteroatoms. The predicted octanol–water partition coefficient (Wildman–Crippen LogP) is 4.88. The van der Waals surface area contributed by atoms with Crippen LogP contribution in [-0.4, -0.2) is 16.1 Å². The monoisotopic (exact) mass is 350 g/mol. The van der Waals surface area contributed by atoms with Crippen LogP contribution in [0.25, 0.3) is 0 Å². The van der Waals surface area contributed by atoms with Crippen LogP contribution < -0.4 is 0 Å². The van der Waals surface area contributed by atoms with Crippen molar-refractivity contribution in [1.82, 2.24) is 5.16 Å². The Hall–Kier alpha value is -2.53. The molecule has 0 saturated carbocycles. The molecule has 3 aromatic rings. The molecule has 1 heterocycles. The molecule has 0 saturated heterocycles. The van der Waals surface area contributed by atoms with Crippen molar-refractivity contribution in [1.29, 1.82) is 0 Å². The zero-order valence-electron chi connectivity index (χ0n) is 13.6. The van der Waals surface area contributed by atoms with Gasteiger partial charge < -0.3 is 9.73 Å². The summed E-state index contributed by atoms with van der Waals surface area (Å²) in [6.07, 6.45) is 1.46. The van der Waals surface area contributed by atoms with Crippen molar-refractivity contribution in [3.05, 3.63) is 83.1 Å². The summed E-state index contributed by atoms with van der Waals surface area (Å²) < 4.78 is 5.60. The normalized spacial score (nSPS) is 18.2. The van der Waals surface area contributed by atoms with Gasteiger partial charge in [-0.15, -0.1) is 0 Å². The lowest BCUT2D eigenvalue weighted by Crippen LogP contribution is -2.18. The summed E-state index contributed by atoms with van der Waals surface area (Å²) in [5, 5.41) is 18.1. The van der Waals surface area contributed by atoms with Crippen molar-refractivity contribution in [3.8, 4) is 0 Å². The van der Waals surface area contributed by atoms with Gasteiger partial charge in [0, 0.05) is 18.6 Å². The van der Waals surface area contributed by atoms with Crippen LogP contribution in [0.15, 0.2) is 75.4 Å². The van der Waals surface area contributed by atoms with Crippen molar-refractivity contribution >= 4 is 17.5 Å². The molecule has 0 fully saturated rings. The zero-order chi connectivity index (χ0) is 17.1. The lowest BCUT2D eigenvalue weighted by Gasteiger charge is -2.22. The summed E-state index contributed by atoms with van der Waals surface area (Å²) in [7, 11) is 0. The van der Waals surface area contributed by atoms with Crippen LogP contribution in [0.2, 0.25) is 0 Å². The molecule has 1 atom stereocenters. The minimum atomic E-state index is 0.250. The smallest absolute Gasteiger partial charge is 0.149 e. The summed E-state index contributed by atoms with van der Waals surface area (Å²) in [6, 6.07) is 20.5. The first-order valence-corrected chi connectivity index (χ1v) is 9.25. The lowest BCUT2D eigenvalue weighted by atomic mass is 9.82. The van der Waals surface area contributed by atoms with Gasteiger partial charge in [-0.25, -0.2) is 0 Å². The number of fused-ring (bicyclic) bond motifs is 1. The van der Waals surface area contributed by atoms with E-state index < -0.39 is 0 Å². The molecule has 0 bridgehead atoms. The fraction of sp³-hybridized carbons (Fsp3) is 0.200. The molecule has 4 nitrogen and oxygen atoms in total. The van der Waals surface area contributed by atoms with E-state index in [2.05, 4.69) is 34.6 Å². The summed E-state index contributed by atoms with van der Waals surface area (Å²) in [6.45, 7) is 0.